The van der Waals surface area contributed by atoms with Crippen molar-refractivity contribution in [3.8, 4) is 11.5 Å². The van der Waals surface area contributed by atoms with E-state index in [0.717, 1.165) is 0 Å². The van der Waals surface area contributed by atoms with E-state index < -0.39 is 0 Å². The summed E-state index contributed by atoms with van der Waals surface area (Å²) in [7, 11) is 1.43. The van der Waals surface area contributed by atoms with Crippen molar-refractivity contribution in [1.29, 1.82) is 0 Å². The summed E-state index contributed by atoms with van der Waals surface area (Å²) in [4.78, 5) is 22.1. The van der Waals surface area contributed by atoms with Crippen LogP contribution in [-0.2, 0) is 9.59 Å². The van der Waals surface area contributed by atoms with Gasteiger partial charge in [0, 0.05) is 31.6 Å². The van der Waals surface area contributed by atoms with Gasteiger partial charge in [-0.15, -0.1) is 0 Å². The summed E-state index contributed by atoms with van der Waals surface area (Å²) in [6.07, 6.45) is 0.183. The zero-order valence-electron chi connectivity index (χ0n) is 10.3. The molecule has 0 saturated carbocycles. The van der Waals surface area contributed by atoms with E-state index in [1.165, 1.54) is 26.2 Å². The number of phenolic OH excluding ortho intramolecular Hbond substituents is 1. The van der Waals surface area contributed by atoms with Crippen LogP contribution in [0.2, 0.25) is 0 Å². The Morgan fingerprint density at radius 1 is 1.39 bits per heavy atom. The molecule has 0 unspecified atom stereocenters. The number of carbonyl (C=O) groups excluding carboxylic acids is 2. The Bertz CT molecular complexity index is 446. The molecule has 1 aromatic carbocycles. The number of hydrogen-bond donors (Lipinski definition) is 3. The molecule has 18 heavy (non-hydrogen) atoms. The number of amides is 2. The van der Waals surface area contributed by atoms with Crippen molar-refractivity contribution in [3.05, 3.63) is 18.2 Å². The Morgan fingerprint density at radius 3 is 2.72 bits per heavy atom. The van der Waals surface area contributed by atoms with Gasteiger partial charge in [0.25, 0.3) is 0 Å². The van der Waals surface area contributed by atoms with Crippen LogP contribution in [-0.4, -0.2) is 30.6 Å². The maximum atomic E-state index is 11.5. The number of aromatic hydroxyl groups is 1. The second-order valence-electron chi connectivity index (χ2n) is 3.67. The van der Waals surface area contributed by atoms with Crippen molar-refractivity contribution in [2.24, 2.45) is 0 Å². The molecular formula is C12H16N2O4. The molecule has 6 heteroatoms. The molecule has 0 aliphatic heterocycles. The number of phenols is 1. The maximum absolute atomic E-state index is 11.5. The summed E-state index contributed by atoms with van der Waals surface area (Å²) < 4.78 is 4.92. The number of carbonyl (C=O) groups is 2. The van der Waals surface area contributed by atoms with Crippen molar-refractivity contribution in [3.63, 3.8) is 0 Å². The molecule has 98 valence electrons. The fourth-order valence-electron chi connectivity index (χ4n) is 1.33. The zero-order chi connectivity index (χ0) is 13.5. The number of anilines is 1. The molecule has 0 atom stereocenters. The summed E-state index contributed by atoms with van der Waals surface area (Å²) in [5.74, 6) is -0.103. The second-order valence-corrected chi connectivity index (χ2v) is 3.67. The minimum absolute atomic E-state index is 0.00810. The highest BCUT2D eigenvalue weighted by molar-refractivity contribution is 5.91. The summed E-state index contributed by atoms with van der Waals surface area (Å²) in [6, 6.07) is 4.52. The normalized spacial score (nSPS) is 9.67. The molecule has 0 heterocycles. The summed E-state index contributed by atoms with van der Waals surface area (Å²) in [6.45, 7) is 1.68. The monoisotopic (exact) mass is 252 g/mol. The number of rotatable bonds is 5. The fourth-order valence-corrected chi connectivity index (χ4v) is 1.33. The van der Waals surface area contributed by atoms with Gasteiger partial charge in [-0.1, -0.05) is 0 Å². The largest absolute Gasteiger partial charge is 0.504 e. The van der Waals surface area contributed by atoms with E-state index in [1.807, 2.05) is 0 Å². The van der Waals surface area contributed by atoms with E-state index in [4.69, 9.17) is 4.74 Å². The van der Waals surface area contributed by atoms with Crippen LogP contribution in [0.15, 0.2) is 18.2 Å². The third-order valence-corrected chi connectivity index (χ3v) is 2.19. The van der Waals surface area contributed by atoms with E-state index in [2.05, 4.69) is 10.6 Å². The lowest BCUT2D eigenvalue weighted by Gasteiger charge is -2.08. The second kappa shape index (κ2) is 6.48. The maximum Gasteiger partial charge on any atom is 0.226 e. The number of nitrogens with one attached hydrogen (secondary N) is 2. The Morgan fingerprint density at radius 2 is 2.11 bits per heavy atom. The molecule has 3 N–H and O–H groups in total. The highest BCUT2D eigenvalue weighted by Crippen LogP contribution is 2.28. The molecule has 0 bridgehead atoms. The standard InChI is InChI=1S/C12H16N2O4/c1-8(15)13-6-5-12(17)14-9-3-4-10(16)11(7-9)18-2/h3-4,7,16H,5-6H2,1-2H3,(H,13,15)(H,14,17). The van der Waals surface area contributed by atoms with Crippen molar-refractivity contribution in [2.75, 3.05) is 19.0 Å². The van der Waals surface area contributed by atoms with E-state index in [-0.39, 0.29) is 36.3 Å². The van der Waals surface area contributed by atoms with Crippen LogP contribution < -0.4 is 15.4 Å². The number of benzene rings is 1. The predicted molar refractivity (Wildman–Crippen MR) is 66.6 cm³/mol. The Balaban J connectivity index is 2.51. The van der Waals surface area contributed by atoms with E-state index in [1.54, 1.807) is 6.07 Å². The zero-order valence-corrected chi connectivity index (χ0v) is 10.3. The summed E-state index contributed by atoms with van der Waals surface area (Å²) in [5.41, 5.74) is 0.525. The molecule has 0 aromatic heterocycles. The summed E-state index contributed by atoms with van der Waals surface area (Å²) in [5, 5.41) is 14.6. The van der Waals surface area contributed by atoms with Gasteiger partial charge in [-0.05, 0) is 12.1 Å². The van der Waals surface area contributed by atoms with Gasteiger partial charge in [0.2, 0.25) is 11.8 Å². The Hall–Kier alpha value is -2.24. The van der Waals surface area contributed by atoms with Crippen LogP contribution in [0.5, 0.6) is 11.5 Å². The first-order valence-corrected chi connectivity index (χ1v) is 5.44. The molecule has 1 aromatic rings. The lowest BCUT2D eigenvalue weighted by molar-refractivity contribution is -0.119. The van der Waals surface area contributed by atoms with Gasteiger partial charge in [0.1, 0.15) is 0 Å². The van der Waals surface area contributed by atoms with E-state index >= 15 is 0 Å². The molecule has 0 spiro atoms. The van der Waals surface area contributed by atoms with Crippen LogP contribution in [0.25, 0.3) is 0 Å². The quantitative estimate of drug-likeness (QED) is 0.678. The first-order valence-electron chi connectivity index (χ1n) is 5.44. The van der Waals surface area contributed by atoms with Crippen molar-refractivity contribution in [1.82, 2.24) is 5.32 Å². The lowest BCUT2D eigenvalue weighted by atomic mass is 10.2. The van der Waals surface area contributed by atoms with Gasteiger partial charge in [-0.25, -0.2) is 0 Å². The number of ether oxygens (including phenoxy) is 1. The fraction of sp³-hybridized carbons (Fsp3) is 0.333. The van der Waals surface area contributed by atoms with Gasteiger partial charge < -0.3 is 20.5 Å². The average Bonchev–Trinajstić information content (AvgIpc) is 2.31. The molecule has 2 amide bonds. The lowest BCUT2D eigenvalue weighted by Crippen LogP contribution is -2.25. The van der Waals surface area contributed by atoms with E-state index in [9.17, 15) is 14.7 Å². The molecule has 6 nitrogen and oxygen atoms in total. The minimum atomic E-state index is -0.225. The van der Waals surface area contributed by atoms with Gasteiger partial charge in [0.15, 0.2) is 11.5 Å². The molecule has 0 radical (unpaired) electrons. The van der Waals surface area contributed by atoms with Crippen LogP contribution in [0, 0.1) is 0 Å². The predicted octanol–water partition coefficient (Wildman–Crippen LogP) is 0.865. The van der Waals surface area contributed by atoms with Gasteiger partial charge in [-0.3, -0.25) is 9.59 Å². The molecule has 0 aliphatic carbocycles. The van der Waals surface area contributed by atoms with Gasteiger partial charge >= 0.3 is 0 Å². The van der Waals surface area contributed by atoms with Crippen LogP contribution in [0.3, 0.4) is 0 Å². The first-order chi connectivity index (χ1) is 8.52. The van der Waals surface area contributed by atoms with Crippen LogP contribution in [0.4, 0.5) is 5.69 Å². The smallest absolute Gasteiger partial charge is 0.226 e. The van der Waals surface area contributed by atoms with Crippen LogP contribution in [0.1, 0.15) is 13.3 Å². The van der Waals surface area contributed by atoms with Crippen LogP contribution >= 0.6 is 0 Å². The molecule has 0 saturated heterocycles. The SMILES string of the molecule is COc1cc(NC(=O)CCNC(C)=O)ccc1O. The number of hydrogen-bond acceptors (Lipinski definition) is 4. The van der Waals surface area contributed by atoms with Crippen molar-refractivity contribution in [2.45, 2.75) is 13.3 Å². The Labute approximate surface area is 105 Å². The topological polar surface area (TPSA) is 87.7 Å². The van der Waals surface area contributed by atoms with E-state index in [0.29, 0.717) is 5.69 Å². The van der Waals surface area contributed by atoms with Crippen molar-refractivity contribution >= 4 is 17.5 Å². The summed E-state index contributed by atoms with van der Waals surface area (Å²) >= 11 is 0. The molecule has 0 aliphatic rings. The third-order valence-electron chi connectivity index (χ3n) is 2.19. The van der Waals surface area contributed by atoms with Gasteiger partial charge in [-0.2, -0.15) is 0 Å². The van der Waals surface area contributed by atoms with Gasteiger partial charge in [0.05, 0.1) is 7.11 Å². The molecular weight excluding hydrogens is 236 g/mol. The highest BCUT2D eigenvalue weighted by atomic mass is 16.5. The molecule has 0 fully saturated rings. The third kappa shape index (κ3) is 4.32. The number of methoxy groups -OCH3 is 1. The van der Waals surface area contributed by atoms with Crippen molar-refractivity contribution < 1.29 is 19.4 Å². The average molecular weight is 252 g/mol. The Kier molecular flexibility index (Phi) is 4.98. The minimum Gasteiger partial charge on any atom is -0.504 e. The molecule has 1 rings (SSSR count). The highest BCUT2D eigenvalue weighted by Gasteiger charge is 2.06. The first kappa shape index (κ1) is 13.8.